The lowest BCUT2D eigenvalue weighted by Gasteiger charge is -2.17. The van der Waals surface area contributed by atoms with E-state index in [0.29, 0.717) is 41.5 Å². The smallest absolute Gasteiger partial charge is 0.265 e. The Morgan fingerprint density at radius 3 is 2.32 bits per heavy atom. The number of hydrogen-bond acceptors (Lipinski definition) is 5. The maximum absolute atomic E-state index is 12.8. The van der Waals surface area contributed by atoms with Gasteiger partial charge in [-0.15, -0.1) is 0 Å². The second-order valence-corrected chi connectivity index (χ2v) is 7.76. The molecule has 7 heteroatoms. The number of carbonyl (C=O) groups excluding carboxylic acids is 2. The van der Waals surface area contributed by atoms with E-state index in [1.54, 1.807) is 45.4 Å². The summed E-state index contributed by atoms with van der Waals surface area (Å²) in [6, 6.07) is 20.0. The summed E-state index contributed by atoms with van der Waals surface area (Å²) >= 11 is 0. The predicted octanol–water partition coefficient (Wildman–Crippen LogP) is 4.39. The van der Waals surface area contributed by atoms with E-state index in [9.17, 15) is 9.59 Å². The number of anilines is 1. The van der Waals surface area contributed by atoms with Crippen molar-refractivity contribution in [2.45, 2.75) is 26.4 Å². The van der Waals surface area contributed by atoms with Crippen LogP contribution in [0.25, 0.3) is 0 Å². The minimum absolute atomic E-state index is 0.274. The van der Waals surface area contributed by atoms with E-state index in [1.807, 2.05) is 49.4 Å². The Balaban J connectivity index is 1.60. The van der Waals surface area contributed by atoms with Crippen molar-refractivity contribution < 1.29 is 23.8 Å². The number of nitrogens with one attached hydrogen (secondary N) is 2. The fraction of sp³-hybridized carbons (Fsp3) is 0.259. The van der Waals surface area contributed by atoms with Gasteiger partial charge in [-0.1, -0.05) is 36.4 Å². The van der Waals surface area contributed by atoms with Gasteiger partial charge < -0.3 is 24.8 Å². The Hall–Kier alpha value is -4.00. The third kappa shape index (κ3) is 6.28. The molecular weight excluding hydrogens is 432 g/mol. The summed E-state index contributed by atoms with van der Waals surface area (Å²) in [6.45, 7) is 4.01. The van der Waals surface area contributed by atoms with Gasteiger partial charge in [0.2, 0.25) is 0 Å². The molecule has 0 heterocycles. The maximum Gasteiger partial charge on any atom is 0.265 e. The molecule has 1 atom stereocenters. The normalized spacial score (nSPS) is 11.3. The Bertz CT molecular complexity index is 1150. The molecular formula is C27H30N2O5. The highest BCUT2D eigenvalue weighted by molar-refractivity contribution is 6.04. The number of carbonyl (C=O) groups is 2. The fourth-order valence-corrected chi connectivity index (χ4v) is 3.41. The van der Waals surface area contributed by atoms with E-state index in [-0.39, 0.29) is 11.8 Å². The van der Waals surface area contributed by atoms with E-state index < -0.39 is 6.10 Å². The van der Waals surface area contributed by atoms with Crippen LogP contribution in [0.15, 0.2) is 66.7 Å². The molecule has 2 N–H and O–H groups in total. The Labute approximate surface area is 200 Å². The predicted molar refractivity (Wildman–Crippen MR) is 132 cm³/mol. The molecule has 0 aliphatic rings. The van der Waals surface area contributed by atoms with Crippen molar-refractivity contribution in [2.24, 2.45) is 0 Å². The quantitative estimate of drug-likeness (QED) is 0.467. The lowest BCUT2D eigenvalue weighted by molar-refractivity contribution is -0.122. The van der Waals surface area contributed by atoms with Gasteiger partial charge in [-0.05, 0) is 61.7 Å². The molecule has 0 bridgehead atoms. The van der Waals surface area contributed by atoms with Crippen LogP contribution < -0.4 is 24.8 Å². The van der Waals surface area contributed by atoms with Crippen molar-refractivity contribution in [2.75, 3.05) is 26.1 Å². The van der Waals surface area contributed by atoms with Crippen molar-refractivity contribution in [3.05, 3.63) is 83.4 Å². The van der Waals surface area contributed by atoms with Crippen molar-refractivity contribution in [3.8, 4) is 17.2 Å². The number of hydrogen-bond donors (Lipinski definition) is 2. The molecule has 3 aromatic rings. The summed E-state index contributed by atoms with van der Waals surface area (Å²) in [5.41, 5.74) is 2.75. The molecule has 0 radical (unpaired) electrons. The van der Waals surface area contributed by atoms with Crippen LogP contribution in [0.1, 0.15) is 28.4 Å². The average molecular weight is 463 g/mol. The van der Waals surface area contributed by atoms with Crippen LogP contribution in [0.2, 0.25) is 0 Å². The number of benzene rings is 3. The van der Waals surface area contributed by atoms with Crippen LogP contribution in [-0.4, -0.2) is 38.7 Å². The number of rotatable bonds is 10. The second-order valence-electron chi connectivity index (χ2n) is 7.76. The van der Waals surface area contributed by atoms with Crippen LogP contribution in [0.4, 0.5) is 5.69 Å². The average Bonchev–Trinajstić information content (AvgIpc) is 2.85. The first kappa shape index (κ1) is 24.6. The third-order valence-electron chi connectivity index (χ3n) is 5.34. The van der Waals surface area contributed by atoms with Crippen LogP contribution in [0.5, 0.6) is 17.2 Å². The van der Waals surface area contributed by atoms with Crippen LogP contribution >= 0.6 is 0 Å². The zero-order valence-corrected chi connectivity index (χ0v) is 19.9. The Morgan fingerprint density at radius 1 is 0.882 bits per heavy atom. The summed E-state index contributed by atoms with van der Waals surface area (Å²) in [5.74, 6) is 1.33. The summed E-state index contributed by atoms with van der Waals surface area (Å²) < 4.78 is 16.4. The molecule has 0 aliphatic carbocycles. The molecule has 0 aliphatic heterocycles. The molecule has 0 aromatic heterocycles. The van der Waals surface area contributed by atoms with Crippen LogP contribution in [-0.2, 0) is 11.2 Å². The van der Waals surface area contributed by atoms with Crippen molar-refractivity contribution >= 4 is 17.5 Å². The molecule has 34 heavy (non-hydrogen) atoms. The summed E-state index contributed by atoms with van der Waals surface area (Å²) in [6.07, 6.45) is -0.121. The largest absolute Gasteiger partial charge is 0.493 e. The molecule has 7 nitrogen and oxygen atoms in total. The maximum atomic E-state index is 12.8. The molecule has 2 amide bonds. The molecule has 0 spiro atoms. The number of methoxy groups -OCH3 is 2. The number of amides is 2. The van der Waals surface area contributed by atoms with Gasteiger partial charge in [0.15, 0.2) is 17.6 Å². The molecule has 3 rings (SSSR count). The van der Waals surface area contributed by atoms with Crippen LogP contribution in [0, 0.1) is 6.92 Å². The third-order valence-corrected chi connectivity index (χ3v) is 5.34. The SMILES string of the molecule is COc1ccc(CCNC(=O)c2ccccc2NC(=O)C(C)Oc2ccccc2C)cc1OC. The van der Waals surface area contributed by atoms with Gasteiger partial charge in [-0.25, -0.2) is 0 Å². The van der Waals surface area contributed by atoms with Gasteiger partial charge in [0.25, 0.3) is 11.8 Å². The minimum atomic E-state index is -0.734. The van der Waals surface area contributed by atoms with E-state index in [1.165, 1.54) is 0 Å². The number of para-hydroxylation sites is 2. The molecule has 3 aromatic carbocycles. The topological polar surface area (TPSA) is 85.9 Å². The molecule has 0 saturated heterocycles. The van der Waals surface area contributed by atoms with Gasteiger partial charge in [0, 0.05) is 6.54 Å². The van der Waals surface area contributed by atoms with Gasteiger partial charge in [0.05, 0.1) is 25.5 Å². The van der Waals surface area contributed by atoms with E-state index >= 15 is 0 Å². The Morgan fingerprint density at radius 2 is 1.59 bits per heavy atom. The standard InChI is InChI=1S/C27H30N2O5/c1-18-9-5-8-12-23(18)34-19(2)26(30)29-22-11-7-6-10-21(22)27(31)28-16-15-20-13-14-24(32-3)25(17-20)33-4/h5-14,17,19H,15-16H2,1-4H3,(H,28,31)(H,29,30). The van der Waals surface area contributed by atoms with Crippen LogP contribution in [0.3, 0.4) is 0 Å². The van der Waals surface area contributed by atoms with E-state index in [4.69, 9.17) is 14.2 Å². The lowest BCUT2D eigenvalue weighted by atomic mass is 10.1. The fourth-order valence-electron chi connectivity index (χ4n) is 3.41. The summed E-state index contributed by atoms with van der Waals surface area (Å²) in [5, 5.41) is 5.72. The number of ether oxygens (including phenoxy) is 3. The highest BCUT2D eigenvalue weighted by Crippen LogP contribution is 2.27. The molecule has 0 fully saturated rings. The monoisotopic (exact) mass is 462 g/mol. The zero-order chi connectivity index (χ0) is 24.5. The van der Waals surface area contributed by atoms with Gasteiger partial charge in [0.1, 0.15) is 5.75 Å². The zero-order valence-electron chi connectivity index (χ0n) is 19.9. The first-order chi connectivity index (χ1) is 16.4. The first-order valence-corrected chi connectivity index (χ1v) is 11.0. The highest BCUT2D eigenvalue weighted by Gasteiger charge is 2.19. The van der Waals surface area contributed by atoms with Crippen molar-refractivity contribution in [1.82, 2.24) is 5.32 Å². The van der Waals surface area contributed by atoms with E-state index in [0.717, 1.165) is 11.1 Å². The van der Waals surface area contributed by atoms with Gasteiger partial charge >= 0.3 is 0 Å². The van der Waals surface area contributed by atoms with Crippen molar-refractivity contribution in [1.29, 1.82) is 0 Å². The first-order valence-electron chi connectivity index (χ1n) is 11.0. The van der Waals surface area contributed by atoms with Gasteiger partial charge in [-0.2, -0.15) is 0 Å². The van der Waals surface area contributed by atoms with Gasteiger partial charge in [-0.3, -0.25) is 9.59 Å². The van der Waals surface area contributed by atoms with E-state index in [2.05, 4.69) is 10.6 Å². The molecule has 0 saturated carbocycles. The summed E-state index contributed by atoms with van der Waals surface area (Å²) in [7, 11) is 3.17. The summed E-state index contributed by atoms with van der Waals surface area (Å²) in [4.78, 5) is 25.6. The molecule has 178 valence electrons. The lowest BCUT2D eigenvalue weighted by Crippen LogP contribution is -2.32. The van der Waals surface area contributed by atoms with Crippen molar-refractivity contribution in [3.63, 3.8) is 0 Å². The number of aryl methyl sites for hydroxylation is 1. The Kier molecular flexibility index (Phi) is 8.51. The minimum Gasteiger partial charge on any atom is -0.493 e. The highest BCUT2D eigenvalue weighted by atomic mass is 16.5. The second kappa shape index (κ2) is 11.7. The molecule has 1 unspecified atom stereocenters.